The lowest BCUT2D eigenvalue weighted by Gasteiger charge is -2.29. The van der Waals surface area contributed by atoms with Gasteiger partial charge in [-0.05, 0) is 20.8 Å². The first-order valence-electron chi connectivity index (χ1n) is 5.86. The number of nitrogens with zero attached hydrogens (tertiary/aromatic N) is 3. The van der Waals surface area contributed by atoms with Gasteiger partial charge < -0.3 is 19.9 Å². The fraction of sp³-hybridized carbons (Fsp3) is 0.750. The molecular formula is C12H24N4O. The summed E-state index contributed by atoms with van der Waals surface area (Å²) in [5, 5.41) is 13.0. The van der Waals surface area contributed by atoms with E-state index in [0.717, 1.165) is 11.6 Å². The van der Waals surface area contributed by atoms with Gasteiger partial charge in [0.2, 0.25) is 5.95 Å². The third-order valence-electron chi connectivity index (χ3n) is 3.23. The molecule has 0 aliphatic heterocycles. The second-order valence-electron chi connectivity index (χ2n) is 5.25. The molecule has 1 aromatic heterocycles. The van der Waals surface area contributed by atoms with Crippen LogP contribution in [-0.2, 0) is 13.6 Å². The predicted octanol–water partition coefficient (Wildman–Crippen LogP) is 0.735. The predicted molar refractivity (Wildman–Crippen MR) is 70.1 cm³/mol. The van der Waals surface area contributed by atoms with Crippen molar-refractivity contribution in [2.45, 2.75) is 39.0 Å². The van der Waals surface area contributed by atoms with Crippen LogP contribution < -0.4 is 10.2 Å². The minimum Gasteiger partial charge on any atom is -0.392 e. The maximum Gasteiger partial charge on any atom is 0.204 e. The van der Waals surface area contributed by atoms with E-state index in [4.69, 9.17) is 0 Å². The largest absolute Gasteiger partial charge is 0.392 e. The molecule has 5 heteroatoms. The van der Waals surface area contributed by atoms with Crippen LogP contribution >= 0.6 is 0 Å². The molecule has 98 valence electrons. The van der Waals surface area contributed by atoms with E-state index in [2.05, 4.69) is 10.3 Å². The van der Waals surface area contributed by atoms with E-state index < -0.39 is 6.10 Å². The number of aliphatic hydroxyl groups excluding tert-OH is 1. The van der Waals surface area contributed by atoms with Crippen LogP contribution in [0.1, 0.15) is 26.5 Å². The minimum absolute atomic E-state index is 0.303. The Morgan fingerprint density at radius 3 is 2.53 bits per heavy atom. The molecule has 5 nitrogen and oxygen atoms in total. The van der Waals surface area contributed by atoms with Crippen molar-refractivity contribution in [1.29, 1.82) is 0 Å². The van der Waals surface area contributed by atoms with E-state index in [9.17, 15) is 5.11 Å². The zero-order chi connectivity index (χ0) is 13.2. The number of aliphatic hydroxyl groups is 1. The standard InChI is InChI=1S/C12H24N4O/c1-9(17)12(2,3)14-8-10-7-13-11(15(4)5)16(10)6/h7,9,14,17H,8H2,1-6H3. The summed E-state index contributed by atoms with van der Waals surface area (Å²) in [7, 11) is 5.94. The van der Waals surface area contributed by atoms with Gasteiger partial charge in [0.1, 0.15) is 0 Å². The van der Waals surface area contributed by atoms with Gasteiger partial charge in [-0.3, -0.25) is 0 Å². The Morgan fingerprint density at radius 2 is 2.12 bits per heavy atom. The van der Waals surface area contributed by atoms with Crippen molar-refractivity contribution >= 4 is 5.95 Å². The number of anilines is 1. The van der Waals surface area contributed by atoms with Crippen LogP contribution in [0.4, 0.5) is 5.95 Å². The molecule has 1 aromatic rings. The molecule has 17 heavy (non-hydrogen) atoms. The summed E-state index contributed by atoms with van der Waals surface area (Å²) < 4.78 is 2.05. The molecule has 0 saturated heterocycles. The van der Waals surface area contributed by atoms with Gasteiger partial charge in [-0.15, -0.1) is 0 Å². The summed E-state index contributed by atoms with van der Waals surface area (Å²) in [5.41, 5.74) is 0.796. The van der Waals surface area contributed by atoms with Gasteiger partial charge in [-0.2, -0.15) is 0 Å². The van der Waals surface area contributed by atoms with Crippen LogP contribution in [0.3, 0.4) is 0 Å². The van der Waals surface area contributed by atoms with Crippen molar-refractivity contribution in [3.8, 4) is 0 Å². The lowest BCUT2D eigenvalue weighted by Crippen LogP contribution is -2.47. The highest BCUT2D eigenvalue weighted by Gasteiger charge is 2.23. The molecule has 0 aromatic carbocycles. The number of aromatic nitrogens is 2. The summed E-state index contributed by atoms with van der Waals surface area (Å²) in [4.78, 5) is 6.32. The van der Waals surface area contributed by atoms with Crippen molar-refractivity contribution in [1.82, 2.24) is 14.9 Å². The van der Waals surface area contributed by atoms with Gasteiger partial charge in [0.05, 0.1) is 18.0 Å². The Bertz CT molecular complexity index is 369. The fourth-order valence-corrected chi connectivity index (χ4v) is 1.48. The molecule has 1 atom stereocenters. The highest BCUT2D eigenvalue weighted by Crippen LogP contribution is 2.13. The Balaban J connectivity index is 2.71. The monoisotopic (exact) mass is 240 g/mol. The van der Waals surface area contributed by atoms with Crippen LogP contribution in [0.2, 0.25) is 0 Å². The average molecular weight is 240 g/mol. The first-order chi connectivity index (χ1) is 7.75. The van der Waals surface area contributed by atoms with Gasteiger partial charge in [0, 0.05) is 33.2 Å². The number of imidazole rings is 1. The molecule has 1 heterocycles. The molecule has 0 saturated carbocycles. The summed E-state index contributed by atoms with van der Waals surface area (Å²) in [6.45, 7) is 6.46. The van der Waals surface area contributed by atoms with E-state index in [-0.39, 0.29) is 5.54 Å². The minimum atomic E-state index is -0.399. The normalized spacial score (nSPS) is 13.8. The number of hydrogen-bond donors (Lipinski definition) is 2. The molecule has 0 fully saturated rings. The fourth-order valence-electron chi connectivity index (χ4n) is 1.48. The first-order valence-corrected chi connectivity index (χ1v) is 5.86. The van der Waals surface area contributed by atoms with Crippen LogP contribution in [-0.4, -0.2) is 40.4 Å². The Labute approximate surface area is 103 Å². The molecule has 0 aliphatic carbocycles. The molecule has 0 spiro atoms. The van der Waals surface area contributed by atoms with Crippen LogP contribution in [0.5, 0.6) is 0 Å². The molecule has 1 unspecified atom stereocenters. The third-order valence-corrected chi connectivity index (χ3v) is 3.23. The Morgan fingerprint density at radius 1 is 1.53 bits per heavy atom. The Kier molecular flexibility index (Phi) is 4.16. The molecule has 0 bridgehead atoms. The van der Waals surface area contributed by atoms with Crippen molar-refractivity contribution in [3.05, 3.63) is 11.9 Å². The quantitative estimate of drug-likeness (QED) is 0.797. The summed E-state index contributed by atoms with van der Waals surface area (Å²) in [5.74, 6) is 0.927. The van der Waals surface area contributed by atoms with Crippen LogP contribution in [0.15, 0.2) is 6.20 Å². The first kappa shape index (κ1) is 14.0. The van der Waals surface area contributed by atoms with E-state index in [1.165, 1.54) is 0 Å². The van der Waals surface area contributed by atoms with E-state index in [1.54, 1.807) is 6.92 Å². The molecule has 0 radical (unpaired) electrons. The lowest BCUT2D eigenvalue weighted by molar-refractivity contribution is 0.0952. The molecule has 0 amide bonds. The second-order valence-corrected chi connectivity index (χ2v) is 5.25. The molecule has 0 aliphatic rings. The molecule has 1 rings (SSSR count). The summed E-state index contributed by atoms with van der Waals surface area (Å²) in [6, 6.07) is 0. The highest BCUT2D eigenvalue weighted by atomic mass is 16.3. The zero-order valence-electron chi connectivity index (χ0n) is 11.7. The van der Waals surface area contributed by atoms with Crippen molar-refractivity contribution in [3.63, 3.8) is 0 Å². The topological polar surface area (TPSA) is 53.3 Å². The van der Waals surface area contributed by atoms with E-state index in [0.29, 0.717) is 6.54 Å². The molecular weight excluding hydrogens is 216 g/mol. The second kappa shape index (κ2) is 5.06. The maximum atomic E-state index is 9.63. The zero-order valence-corrected chi connectivity index (χ0v) is 11.7. The average Bonchev–Trinajstić information content (AvgIpc) is 2.56. The van der Waals surface area contributed by atoms with Crippen molar-refractivity contribution in [2.24, 2.45) is 7.05 Å². The van der Waals surface area contributed by atoms with Gasteiger partial charge >= 0.3 is 0 Å². The van der Waals surface area contributed by atoms with Crippen molar-refractivity contribution < 1.29 is 5.11 Å². The van der Waals surface area contributed by atoms with Crippen molar-refractivity contribution in [2.75, 3.05) is 19.0 Å². The van der Waals surface area contributed by atoms with Crippen LogP contribution in [0.25, 0.3) is 0 Å². The van der Waals surface area contributed by atoms with Gasteiger partial charge in [-0.25, -0.2) is 4.98 Å². The maximum absolute atomic E-state index is 9.63. The summed E-state index contributed by atoms with van der Waals surface area (Å²) >= 11 is 0. The van der Waals surface area contributed by atoms with E-state index >= 15 is 0 Å². The van der Waals surface area contributed by atoms with Crippen LogP contribution in [0, 0.1) is 0 Å². The highest BCUT2D eigenvalue weighted by molar-refractivity contribution is 5.30. The Hall–Kier alpha value is -1.07. The number of nitrogens with one attached hydrogen (secondary N) is 1. The number of hydrogen-bond acceptors (Lipinski definition) is 4. The number of rotatable bonds is 5. The third kappa shape index (κ3) is 3.20. The van der Waals surface area contributed by atoms with E-state index in [1.807, 2.05) is 50.7 Å². The molecule has 2 N–H and O–H groups in total. The smallest absolute Gasteiger partial charge is 0.204 e. The van der Waals surface area contributed by atoms with Gasteiger partial charge in [0.15, 0.2) is 0 Å². The summed E-state index contributed by atoms with van der Waals surface area (Å²) in [6.07, 6.45) is 1.46. The SMILES string of the molecule is CC(O)C(C)(C)NCc1cnc(N(C)C)n1C. The van der Waals surface area contributed by atoms with Gasteiger partial charge in [-0.1, -0.05) is 0 Å². The van der Waals surface area contributed by atoms with Gasteiger partial charge in [0.25, 0.3) is 0 Å². The lowest BCUT2D eigenvalue weighted by atomic mass is 9.99.